The van der Waals surface area contributed by atoms with E-state index in [2.05, 4.69) is 16.0 Å². The number of rotatable bonds is 10. The van der Waals surface area contributed by atoms with E-state index in [4.69, 9.17) is 4.74 Å². The molecule has 3 amide bonds. The SMILES string of the molecule is O=C(Nc1ccccc1)Nc1ccc(OC(c2ccccc2)c2ccccc2)c(C(=O)NC(c2ccccc2)c2ccccc2)c1. The van der Waals surface area contributed by atoms with Crippen LogP contribution in [-0.4, -0.2) is 11.9 Å². The number of nitrogens with one attached hydrogen (secondary N) is 3. The van der Waals surface area contributed by atoms with Gasteiger partial charge in [-0.3, -0.25) is 4.79 Å². The zero-order valence-electron chi connectivity index (χ0n) is 25.0. The fraction of sp³-hybridized carbons (Fsp3) is 0.0500. The third-order valence-corrected chi connectivity index (χ3v) is 7.50. The molecule has 46 heavy (non-hydrogen) atoms. The maximum absolute atomic E-state index is 14.3. The van der Waals surface area contributed by atoms with Crippen molar-refractivity contribution in [1.29, 1.82) is 0 Å². The molecule has 0 heterocycles. The third kappa shape index (κ3) is 7.49. The Hall–Kier alpha value is -6.14. The molecule has 0 fully saturated rings. The first-order valence-corrected chi connectivity index (χ1v) is 15.1. The first-order chi connectivity index (χ1) is 22.6. The molecule has 6 nitrogen and oxygen atoms in total. The normalized spacial score (nSPS) is 10.7. The molecule has 6 rings (SSSR count). The minimum Gasteiger partial charge on any atom is -0.480 e. The molecule has 226 valence electrons. The standard InChI is InChI=1S/C40H33N3O3/c44-39(43-37(29-16-6-1-7-17-29)30-18-8-2-9-19-30)35-28-34(42-40(45)41-33-24-14-5-15-25-33)26-27-36(35)46-38(31-20-10-3-11-21-31)32-22-12-4-13-23-32/h1-28,37-38H,(H,43,44)(H2,41,42,45). The quantitative estimate of drug-likeness (QED) is 0.146. The highest BCUT2D eigenvalue weighted by atomic mass is 16.5. The Kier molecular flexibility index (Phi) is 9.46. The summed E-state index contributed by atoms with van der Waals surface area (Å²) in [5.74, 6) is 0.0313. The fourth-order valence-electron chi connectivity index (χ4n) is 5.27. The van der Waals surface area contributed by atoms with Crippen molar-refractivity contribution in [3.05, 3.63) is 198 Å². The highest BCUT2D eigenvalue weighted by molar-refractivity contribution is 6.02. The minimum absolute atomic E-state index is 0.284. The average molecular weight is 604 g/mol. The molecule has 3 N–H and O–H groups in total. The Morgan fingerprint density at radius 3 is 1.41 bits per heavy atom. The van der Waals surface area contributed by atoms with Crippen LogP contribution in [0.4, 0.5) is 16.2 Å². The molecule has 6 aromatic carbocycles. The van der Waals surface area contributed by atoms with Gasteiger partial charge in [0.05, 0.1) is 11.6 Å². The maximum atomic E-state index is 14.3. The summed E-state index contributed by atoms with van der Waals surface area (Å²) in [5, 5.41) is 8.92. The van der Waals surface area contributed by atoms with Crippen LogP contribution in [-0.2, 0) is 0 Å². The van der Waals surface area contributed by atoms with Gasteiger partial charge >= 0.3 is 6.03 Å². The van der Waals surface area contributed by atoms with Crippen molar-refractivity contribution in [3.8, 4) is 5.75 Å². The molecule has 0 aliphatic heterocycles. The van der Waals surface area contributed by atoms with E-state index in [0.29, 0.717) is 17.1 Å². The second-order valence-corrected chi connectivity index (χ2v) is 10.7. The van der Waals surface area contributed by atoms with E-state index in [1.165, 1.54) is 0 Å². The van der Waals surface area contributed by atoms with Gasteiger partial charge in [0.2, 0.25) is 0 Å². The van der Waals surface area contributed by atoms with Crippen LogP contribution in [0, 0.1) is 0 Å². The molecule has 0 aliphatic rings. The van der Waals surface area contributed by atoms with Crippen LogP contribution in [0.15, 0.2) is 170 Å². The Bertz CT molecular complexity index is 1790. The van der Waals surface area contributed by atoms with E-state index in [-0.39, 0.29) is 11.5 Å². The Morgan fingerprint density at radius 2 is 0.913 bits per heavy atom. The molecule has 0 bridgehead atoms. The number of carbonyl (C=O) groups excluding carboxylic acids is 2. The van der Waals surface area contributed by atoms with Crippen LogP contribution in [0.3, 0.4) is 0 Å². The van der Waals surface area contributed by atoms with E-state index in [0.717, 1.165) is 22.3 Å². The summed E-state index contributed by atoms with van der Waals surface area (Å²) in [6, 6.07) is 52.9. The second kappa shape index (κ2) is 14.6. The van der Waals surface area contributed by atoms with Gasteiger partial charge in [0.25, 0.3) is 5.91 Å². The van der Waals surface area contributed by atoms with Crippen molar-refractivity contribution in [2.45, 2.75) is 12.1 Å². The number of hydrogen-bond acceptors (Lipinski definition) is 3. The summed E-state index contributed by atoms with van der Waals surface area (Å²) in [6.45, 7) is 0. The van der Waals surface area contributed by atoms with Crippen LogP contribution in [0.1, 0.15) is 44.8 Å². The number of para-hydroxylation sites is 1. The van der Waals surface area contributed by atoms with E-state index < -0.39 is 18.2 Å². The monoisotopic (exact) mass is 603 g/mol. The molecule has 0 atom stereocenters. The van der Waals surface area contributed by atoms with Crippen molar-refractivity contribution in [1.82, 2.24) is 5.32 Å². The molecule has 6 heteroatoms. The first kappa shape index (κ1) is 29.9. The summed E-state index contributed by atoms with van der Waals surface area (Å²) in [6.07, 6.45) is -0.479. The topological polar surface area (TPSA) is 79.5 Å². The van der Waals surface area contributed by atoms with Gasteiger partial charge in [-0.25, -0.2) is 4.79 Å². The number of ether oxygens (including phenoxy) is 1. The molecule has 0 saturated heterocycles. The van der Waals surface area contributed by atoms with Gasteiger partial charge in [-0.2, -0.15) is 0 Å². The summed E-state index contributed by atoms with van der Waals surface area (Å²) in [7, 11) is 0. The zero-order chi connectivity index (χ0) is 31.6. The van der Waals surface area contributed by atoms with Crippen molar-refractivity contribution in [2.24, 2.45) is 0 Å². The predicted octanol–water partition coefficient (Wildman–Crippen LogP) is 9.02. The lowest BCUT2D eigenvalue weighted by atomic mass is 9.98. The molecular weight excluding hydrogens is 570 g/mol. The van der Waals surface area contributed by atoms with Crippen LogP contribution in [0.5, 0.6) is 5.75 Å². The molecule has 0 saturated carbocycles. The molecule has 0 aromatic heterocycles. The number of amides is 3. The van der Waals surface area contributed by atoms with E-state index >= 15 is 0 Å². The van der Waals surface area contributed by atoms with Crippen molar-refractivity contribution in [2.75, 3.05) is 10.6 Å². The number of anilines is 2. The van der Waals surface area contributed by atoms with Crippen LogP contribution < -0.4 is 20.7 Å². The molecule has 0 radical (unpaired) electrons. The Morgan fingerprint density at radius 1 is 0.478 bits per heavy atom. The van der Waals surface area contributed by atoms with E-state index in [1.807, 2.05) is 140 Å². The number of carbonyl (C=O) groups is 2. The van der Waals surface area contributed by atoms with E-state index in [9.17, 15) is 9.59 Å². The predicted molar refractivity (Wildman–Crippen MR) is 183 cm³/mol. The highest BCUT2D eigenvalue weighted by Gasteiger charge is 2.24. The lowest BCUT2D eigenvalue weighted by molar-refractivity contribution is 0.0937. The third-order valence-electron chi connectivity index (χ3n) is 7.50. The van der Waals surface area contributed by atoms with Gasteiger partial charge in [-0.1, -0.05) is 140 Å². The van der Waals surface area contributed by atoms with Crippen molar-refractivity contribution >= 4 is 23.3 Å². The lowest BCUT2D eigenvalue weighted by Gasteiger charge is -2.24. The molecule has 0 aliphatic carbocycles. The van der Waals surface area contributed by atoms with Crippen molar-refractivity contribution < 1.29 is 14.3 Å². The second-order valence-electron chi connectivity index (χ2n) is 10.7. The van der Waals surface area contributed by atoms with Gasteiger partial charge < -0.3 is 20.7 Å². The summed E-state index contributed by atoms with van der Waals surface area (Å²) in [5.41, 5.74) is 5.14. The minimum atomic E-state index is -0.479. The van der Waals surface area contributed by atoms with Gasteiger partial charge in [0.1, 0.15) is 11.9 Å². The first-order valence-electron chi connectivity index (χ1n) is 15.1. The van der Waals surface area contributed by atoms with Crippen LogP contribution in [0.2, 0.25) is 0 Å². The van der Waals surface area contributed by atoms with Gasteiger partial charge in [-0.15, -0.1) is 0 Å². The smallest absolute Gasteiger partial charge is 0.323 e. The molecular formula is C40H33N3O3. The highest BCUT2D eigenvalue weighted by Crippen LogP contribution is 2.33. The molecule has 0 spiro atoms. The van der Waals surface area contributed by atoms with Gasteiger partial charge in [-0.05, 0) is 52.6 Å². The van der Waals surface area contributed by atoms with Gasteiger partial charge in [0, 0.05) is 11.4 Å². The largest absolute Gasteiger partial charge is 0.480 e. The molecule has 6 aromatic rings. The maximum Gasteiger partial charge on any atom is 0.323 e. The van der Waals surface area contributed by atoms with Crippen molar-refractivity contribution in [3.63, 3.8) is 0 Å². The van der Waals surface area contributed by atoms with Crippen LogP contribution in [0.25, 0.3) is 0 Å². The Labute approximate surface area is 268 Å². The molecule has 0 unspecified atom stereocenters. The summed E-state index contributed by atoms with van der Waals surface area (Å²) in [4.78, 5) is 27.2. The fourth-order valence-corrected chi connectivity index (χ4v) is 5.27. The summed E-state index contributed by atoms with van der Waals surface area (Å²) < 4.78 is 6.70. The zero-order valence-corrected chi connectivity index (χ0v) is 25.0. The number of benzene rings is 6. The van der Waals surface area contributed by atoms with E-state index in [1.54, 1.807) is 30.3 Å². The van der Waals surface area contributed by atoms with Gasteiger partial charge in [0.15, 0.2) is 0 Å². The lowest BCUT2D eigenvalue weighted by Crippen LogP contribution is -2.30. The average Bonchev–Trinajstić information content (AvgIpc) is 3.11. The number of hydrogen-bond donors (Lipinski definition) is 3. The summed E-state index contributed by atoms with van der Waals surface area (Å²) >= 11 is 0. The number of urea groups is 1. The Balaban J connectivity index is 1.36. The van der Waals surface area contributed by atoms with Crippen LogP contribution >= 0.6 is 0 Å².